The van der Waals surface area contributed by atoms with Gasteiger partial charge in [-0.3, -0.25) is 9.78 Å². The molecule has 4 atom stereocenters. The van der Waals surface area contributed by atoms with E-state index in [1.54, 1.807) is 4.90 Å². The van der Waals surface area contributed by atoms with E-state index in [1.807, 2.05) is 0 Å². The van der Waals surface area contributed by atoms with E-state index < -0.39 is 11.9 Å². The molecule has 0 N–H and O–H groups in total. The van der Waals surface area contributed by atoms with Crippen LogP contribution in [0.1, 0.15) is 41.7 Å². The molecule has 3 fully saturated rings. The summed E-state index contributed by atoms with van der Waals surface area (Å²) < 4.78 is 44.4. The van der Waals surface area contributed by atoms with Crippen molar-refractivity contribution in [2.45, 2.75) is 44.0 Å². The van der Waals surface area contributed by atoms with Gasteiger partial charge in [-0.05, 0) is 69.7 Å². The average molecular weight is 411 g/mol. The lowest BCUT2D eigenvalue weighted by molar-refractivity contribution is -0.141. The monoisotopic (exact) mass is 411 g/mol. The number of fused-ring (bicyclic) bond motifs is 1. The lowest BCUT2D eigenvalue weighted by atomic mass is 9.77. The number of nitrogens with zero attached hydrogens (tertiary/aromatic N) is 3. The van der Waals surface area contributed by atoms with Crippen molar-refractivity contribution < 1.29 is 22.7 Å². The lowest BCUT2D eigenvalue weighted by Gasteiger charge is -2.41. The van der Waals surface area contributed by atoms with Gasteiger partial charge in [0, 0.05) is 31.9 Å². The molecule has 1 aromatic rings. The molecule has 2 aliphatic carbocycles. The highest BCUT2D eigenvalue weighted by atomic mass is 19.4. The third kappa shape index (κ3) is 4.58. The Balaban J connectivity index is 1.41. The van der Waals surface area contributed by atoms with Gasteiger partial charge in [0.2, 0.25) is 0 Å². The van der Waals surface area contributed by atoms with Crippen LogP contribution >= 0.6 is 0 Å². The van der Waals surface area contributed by atoms with Crippen molar-refractivity contribution in [2.24, 2.45) is 17.8 Å². The van der Waals surface area contributed by atoms with Crippen LogP contribution in [-0.4, -0.2) is 66.6 Å². The largest absolute Gasteiger partial charge is 0.433 e. The predicted molar refractivity (Wildman–Crippen MR) is 101 cm³/mol. The molecule has 0 unspecified atom stereocenters. The number of carbonyl (C=O) groups excluding carboxylic acids is 1. The molecule has 3 aliphatic rings. The Morgan fingerprint density at radius 1 is 1.21 bits per heavy atom. The first kappa shape index (κ1) is 20.6. The second-order valence-corrected chi connectivity index (χ2v) is 8.98. The number of aromatic nitrogens is 1. The molecule has 160 valence electrons. The quantitative estimate of drug-likeness (QED) is 0.746. The summed E-state index contributed by atoms with van der Waals surface area (Å²) in [6.07, 6.45) is 1.13. The summed E-state index contributed by atoms with van der Waals surface area (Å²) in [7, 11) is 4.15. The van der Waals surface area contributed by atoms with Crippen molar-refractivity contribution in [3.63, 3.8) is 0 Å². The van der Waals surface area contributed by atoms with E-state index in [4.69, 9.17) is 4.74 Å². The Hall–Kier alpha value is -1.67. The first-order valence-electron chi connectivity index (χ1n) is 10.3. The molecule has 0 aromatic carbocycles. The number of hydrogen-bond donors (Lipinski definition) is 0. The maximum atomic E-state index is 12.8. The second kappa shape index (κ2) is 7.87. The zero-order chi connectivity index (χ0) is 20.8. The number of amides is 1. The highest BCUT2D eigenvalue weighted by molar-refractivity contribution is 5.94. The van der Waals surface area contributed by atoms with Crippen LogP contribution in [0.5, 0.6) is 0 Å². The van der Waals surface area contributed by atoms with Crippen LogP contribution in [-0.2, 0) is 10.9 Å². The van der Waals surface area contributed by atoms with Gasteiger partial charge in [-0.15, -0.1) is 0 Å². The van der Waals surface area contributed by atoms with Gasteiger partial charge in [-0.25, -0.2) is 0 Å². The molecular weight excluding hydrogens is 383 g/mol. The van der Waals surface area contributed by atoms with Gasteiger partial charge < -0.3 is 14.5 Å². The first-order chi connectivity index (χ1) is 13.7. The molecule has 2 saturated carbocycles. The summed E-state index contributed by atoms with van der Waals surface area (Å²) in [6, 6.07) is 2.43. The zero-order valence-corrected chi connectivity index (χ0v) is 16.9. The normalized spacial score (nSPS) is 29.9. The summed E-state index contributed by atoms with van der Waals surface area (Å²) in [5, 5.41) is 0. The fourth-order valence-corrected chi connectivity index (χ4v) is 4.69. The number of hydrogen-bond acceptors (Lipinski definition) is 4. The molecule has 5 nitrogen and oxygen atoms in total. The van der Waals surface area contributed by atoms with Crippen LogP contribution in [0.15, 0.2) is 18.3 Å². The summed E-state index contributed by atoms with van der Waals surface area (Å²) in [5.41, 5.74) is -0.768. The number of likely N-dealkylation sites (tertiary alicyclic amines) is 1. The van der Waals surface area contributed by atoms with Gasteiger partial charge in [-0.2, -0.15) is 13.2 Å². The van der Waals surface area contributed by atoms with Crippen molar-refractivity contribution in [2.75, 3.05) is 33.8 Å². The first-order valence-corrected chi connectivity index (χ1v) is 10.3. The van der Waals surface area contributed by atoms with Gasteiger partial charge in [0.25, 0.3) is 5.91 Å². The Bertz CT molecular complexity index is 734. The van der Waals surface area contributed by atoms with E-state index in [1.165, 1.54) is 18.9 Å². The SMILES string of the molecule is CN(C)[C@@H]1C[C@@H]2CN(C(=O)c3ccc(C(F)(F)F)nc3)C[C@@H]2C[C@H]1OCC1CC1. The minimum Gasteiger partial charge on any atom is -0.376 e. The summed E-state index contributed by atoms with van der Waals surface area (Å²) in [6.45, 7) is 2.10. The number of ether oxygens (including phenoxy) is 1. The van der Waals surface area contributed by atoms with Crippen molar-refractivity contribution in [3.8, 4) is 0 Å². The minimum absolute atomic E-state index is 0.176. The fourth-order valence-electron chi connectivity index (χ4n) is 4.69. The van der Waals surface area contributed by atoms with Crippen molar-refractivity contribution in [3.05, 3.63) is 29.6 Å². The van der Waals surface area contributed by atoms with Crippen molar-refractivity contribution >= 4 is 5.91 Å². The van der Waals surface area contributed by atoms with Crippen LogP contribution in [0.3, 0.4) is 0 Å². The smallest absolute Gasteiger partial charge is 0.376 e. The number of halogens is 3. The maximum absolute atomic E-state index is 12.8. The van der Waals surface area contributed by atoms with Crippen LogP contribution in [0.25, 0.3) is 0 Å². The van der Waals surface area contributed by atoms with Gasteiger partial charge in [0.05, 0.1) is 11.7 Å². The van der Waals surface area contributed by atoms with E-state index in [-0.39, 0.29) is 17.6 Å². The van der Waals surface area contributed by atoms with Gasteiger partial charge in [0.15, 0.2) is 0 Å². The lowest BCUT2D eigenvalue weighted by Crippen LogP contribution is -2.48. The number of pyridine rings is 1. The molecule has 29 heavy (non-hydrogen) atoms. The Morgan fingerprint density at radius 3 is 2.45 bits per heavy atom. The van der Waals surface area contributed by atoms with E-state index in [2.05, 4.69) is 24.0 Å². The zero-order valence-electron chi connectivity index (χ0n) is 16.9. The fraction of sp³-hybridized carbons (Fsp3) is 0.714. The van der Waals surface area contributed by atoms with Crippen LogP contribution in [0.2, 0.25) is 0 Å². The molecule has 0 bridgehead atoms. The molecule has 1 aliphatic heterocycles. The molecule has 1 amide bonds. The number of alkyl halides is 3. The number of likely N-dealkylation sites (N-methyl/N-ethyl adjacent to an activating group) is 1. The van der Waals surface area contributed by atoms with E-state index in [9.17, 15) is 18.0 Å². The molecule has 1 aromatic heterocycles. The van der Waals surface area contributed by atoms with E-state index in [0.29, 0.717) is 36.9 Å². The average Bonchev–Trinajstić information content (AvgIpc) is 3.41. The van der Waals surface area contributed by atoms with E-state index in [0.717, 1.165) is 31.7 Å². The molecular formula is C21H28F3N3O2. The van der Waals surface area contributed by atoms with Crippen molar-refractivity contribution in [1.82, 2.24) is 14.8 Å². The van der Waals surface area contributed by atoms with Crippen molar-refractivity contribution in [1.29, 1.82) is 0 Å². The number of rotatable bonds is 5. The molecule has 0 spiro atoms. The predicted octanol–water partition coefficient (Wildman–Crippen LogP) is 3.31. The highest BCUT2D eigenvalue weighted by Gasteiger charge is 2.45. The third-order valence-corrected chi connectivity index (χ3v) is 6.58. The van der Waals surface area contributed by atoms with Crippen LogP contribution < -0.4 is 0 Å². The van der Waals surface area contributed by atoms with Gasteiger partial charge >= 0.3 is 6.18 Å². The Labute approximate surface area is 169 Å². The highest BCUT2D eigenvalue weighted by Crippen LogP contribution is 2.40. The molecule has 1 saturated heterocycles. The molecule has 8 heteroatoms. The van der Waals surface area contributed by atoms with Crippen LogP contribution in [0, 0.1) is 17.8 Å². The third-order valence-electron chi connectivity index (χ3n) is 6.58. The second-order valence-electron chi connectivity index (χ2n) is 8.98. The van der Waals surface area contributed by atoms with Gasteiger partial charge in [-0.1, -0.05) is 0 Å². The van der Waals surface area contributed by atoms with Crippen LogP contribution in [0.4, 0.5) is 13.2 Å². The topological polar surface area (TPSA) is 45.7 Å². The molecule has 4 rings (SSSR count). The summed E-state index contributed by atoms with van der Waals surface area (Å²) >= 11 is 0. The number of carbonyl (C=O) groups is 1. The Kier molecular flexibility index (Phi) is 5.59. The molecule has 2 heterocycles. The van der Waals surface area contributed by atoms with Gasteiger partial charge in [0.1, 0.15) is 5.69 Å². The molecule has 0 radical (unpaired) electrons. The Morgan fingerprint density at radius 2 is 1.90 bits per heavy atom. The van der Waals surface area contributed by atoms with E-state index >= 15 is 0 Å². The summed E-state index contributed by atoms with van der Waals surface area (Å²) in [5.74, 6) is 1.25. The minimum atomic E-state index is -4.50. The standard InChI is InChI=1S/C21H28F3N3O2/c1-26(2)17-7-15-10-27(11-16(15)8-18(17)29-12-13-3-4-13)20(28)14-5-6-19(25-9-14)21(22,23)24/h5-6,9,13,15-18H,3-4,7-8,10-12H2,1-2H3/t15-,16+,17-,18-/m1/s1. The maximum Gasteiger partial charge on any atom is 0.433 e. The summed E-state index contributed by atoms with van der Waals surface area (Å²) in [4.78, 5) is 20.3.